The Morgan fingerprint density at radius 2 is 2.32 bits per heavy atom. The number of carbonyl (C=O) groups excluding carboxylic acids is 1. The summed E-state index contributed by atoms with van der Waals surface area (Å²) in [5, 5.41) is 8.61. The van der Waals surface area contributed by atoms with Crippen LogP contribution in [0.15, 0.2) is 18.2 Å². The summed E-state index contributed by atoms with van der Waals surface area (Å²) in [7, 11) is 0. The average molecular weight is 262 g/mol. The molecular weight excluding hydrogens is 247 g/mol. The molecule has 1 saturated carbocycles. The first-order valence-electron chi connectivity index (χ1n) is 6.27. The van der Waals surface area contributed by atoms with Gasteiger partial charge in [-0.1, -0.05) is 0 Å². The molecule has 19 heavy (non-hydrogen) atoms. The van der Waals surface area contributed by atoms with Crippen LogP contribution in [-0.2, 0) is 4.79 Å². The van der Waals surface area contributed by atoms with Crippen LogP contribution in [0.2, 0.25) is 0 Å². The molecule has 1 fully saturated rings. The molecule has 1 aromatic carbocycles. The minimum atomic E-state index is -0.637. The Balaban J connectivity index is 1.93. The van der Waals surface area contributed by atoms with Crippen molar-refractivity contribution in [3.8, 4) is 11.8 Å². The van der Waals surface area contributed by atoms with Gasteiger partial charge in [-0.15, -0.1) is 0 Å². The Bertz CT molecular complexity index is 521. The fraction of sp³-hybridized carbons (Fsp3) is 0.429. The number of amides is 1. The Morgan fingerprint density at radius 1 is 1.58 bits per heavy atom. The standard InChI is InChI=1S/C14H15FN2O2/c1-2-17(11-4-5-11)14(18)9-19-12-6-3-10(8-16)13(15)7-12/h3,6-7,11H,2,4-5,9H2,1H3. The molecule has 0 bridgehead atoms. The van der Waals surface area contributed by atoms with Crippen LogP contribution in [0.4, 0.5) is 4.39 Å². The lowest BCUT2D eigenvalue weighted by Gasteiger charge is -2.20. The monoisotopic (exact) mass is 262 g/mol. The number of nitrogens with zero attached hydrogens (tertiary/aromatic N) is 2. The van der Waals surface area contributed by atoms with Crippen molar-refractivity contribution >= 4 is 5.91 Å². The minimum Gasteiger partial charge on any atom is -0.484 e. The van der Waals surface area contributed by atoms with Crippen LogP contribution < -0.4 is 4.74 Å². The predicted octanol–water partition coefficient (Wildman–Crippen LogP) is 2.09. The van der Waals surface area contributed by atoms with Gasteiger partial charge in [0.1, 0.15) is 17.6 Å². The Labute approximate surface area is 111 Å². The minimum absolute atomic E-state index is 0.0353. The fourth-order valence-electron chi connectivity index (χ4n) is 1.93. The highest BCUT2D eigenvalue weighted by molar-refractivity contribution is 5.78. The second-order valence-electron chi connectivity index (χ2n) is 4.45. The number of nitriles is 1. The summed E-state index contributed by atoms with van der Waals surface area (Å²) in [6.45, 7) is 2.49. The molecule has 0 radical (unpaired) electrons. The molecule has 0 aromatic heterocycles. The van der Waals surface area contributed by atoms with Gasteiger partial charge < -0.3 is 9.64 Å². The lowest BCUT2D eigenvalue weighted by Crippen LogP contribution is -2.36. The Hall–Kier alpha value is -2.09. The number of halogens is 1. The van der Waals surface area contributed by atoms with Gasteiger partial charge in [0.15, 0.2) is 6.61 Å². The zero-order valence-electron chi connectivity index (χ0n) is 10.7. The molecule has 1 amide bonds. The molecule has 0 saturated heterocycles. The van der Waals surface area contributed by atoms with Crippen molar-refractivity contribution in [1.29, 1.82) is 5.26 Å². The Kier molecular flexibility index (Phi) is 4.00. The van der Waals surface area contributed by atoms with Crippen LogP contribution in [0.3, 0.4) is 0 Å². The second-order valence-corrected chi connectivity index (χ2v) is 4.45. The quantitative estimate of drug-likeness (QED) is 0.816. The molecule has 1 aliphatic rings. The maximum Gasteiger partial charge on any atom is 0.260 e. The van der Waals surface area contributed by atoms with Crippen LogP contribution in [0.1, 0.15) is 25.3 Å². The number of hydrogen-bond acceptors (Lipinski definition) is 3. The third-order valence-corrected chi connectivity index (χ3v) is 3.07. The molecule has 0 atom stereocenters. The van der Waals surface area contributed by atoms with Gasteiger partial charge in [0, 0.05) is 18.7 Å². The molecular formula is C14H15FN2O2. The molecule has 4 nitrogen and oxygen atoms in total. The summed E-state index contributed by atoms with van der Waals surface area (Å²) in [5.41, 5.74) is -0.0353. The van der Waals surface area contributed by atoms with Gasteiger partial charge in [-0.3, -0.25) is 4.79 Å². The maximum atomic E-state index is 13.3. The van der Waals surface area contributed by atoms with E-state index in [9.17, 15) is 9.18 Å². The number of likely N-dealkylation sites (N-methyl/N-ethyl adjacent to an activating group) is 1. The number of hydrogen-bond donors (Lipinski definition) is 0. The Morgan fingerprint density at radius 3 is 2.84 bits per heavy atom. The van der Waals surface area contributed by atoms with Gasteiger partial charge in [-0.05, 0) is 31.9 Å². The van der Waals surface area contributed by atoms with Crippen LogP contribution >= 0.6 is 0 Å². The van der Waals surface area contributed by atoms with Gasteiger partial charge in [0.05, 0.1) is 5.56 Å². The number of carbonyl (C=O) groups is 1. The third-order valence-electron chi connectivity index (χ3n) is 3.07. The first-order valence-corrected chi connectivity index (χ1v) is 6.27. The van der Waals surface area contributed by atoms with E-state index in [1.165, 1.54) is 12.1 Å². The topological polar surface area (TPSA) is 53.3 Å². The largest absolute Gasteiger partial charge is 0.484 e. The molecule has 1 aromatic rings. The van der Waals surface area contributed by atoms with Crippen molar-refractivity contribution in [2.24, 2.45) is 0 Å². The lowest BCUT2D eigenvalue weighted by atomic mass is 10.2. The van der Waals surface area contributed by atoms with E-state index in [0.29, 0.717) is 12.6 Å². The highest BCUT2D eigenvalue weighted by Gasteiger charge is 2.31. The molecule has 0 N–H and O–H groups in total. The zero-order valence-corrected chi connectivity index (χ0v) is 10.7. The van der Waals surface area contributed by atoms with Crippen molar-refractivity contribution in [3.05, 3.63) is 29.6 Å². The normalized spacial score (nSPS) is 13.7. The SMILES string of the molecule is CCN(C(=O)COc1ccc(C#N)c(F)c1)C1CC1. The van der Waals surface area contributed by atoms with E-state index in [4.69, 9.17) is 10.00 Å². The van der Waals surface area contributed by atoms with Crippen LogP contribution in [0.25, 0.3) is 0 Å². The summed E-state index contributed by atoms with van der Waals surface area (Å²) in [6, 6.07) is 6.03. The smallest absolute Gasteiger partial charge is 0.260 e. The van der Waals surface area contributed by atoms with Gasteiger partial charge in [0.2, 0.25) is 0 Å². The molecule has 100 valence electrons. The van der Waals surface area contributed by atoms with Gasteiger partial charge in [-0.25, -0.2) is 4.39 Å². The van der Waals surface area contributed by atoms with Crippen molar-refractivity contribution in [2.75, 3.05) is 13.2 Å². The van der Waals surface area contributed by atoms with Crippen molar-refractivity contribution in [1.82, 2.24) is 4.90 Å². The second kappa shape index (κ2) is 5.70. The van der Waals surface area contributed by atoms with E-state index in [0.717, 1.165) is 18.9 Å². The van der Waals surface area contributed by atoms with Gasteiger partial charge in [0.25, 0.3) is 5.91 Å². The summed E-state index contributed by atoms with van der Waals surface area (Å²) in [4.78, 5) is 13.7. The van der Waals surface area contributed by atoms with Crippen LogP contribution in [0, 0.1) is 17.1 Å². The van der Waals surface area contributed by atoms with E-state index >= 15 is 0 Å². The fourth-order valence-corrected chi connectivity index (χ4v) is 1.93. The third kappa shape index (κ3) is 3.22. The van der Waals surface area contributed by atoms with E-state index in [1.54, 1.807) is 11.0 Å². The average Bonchev–Trinajstić information content (AvgIpc) is 3.22. The number of ether oxygens (including phenoxy) is 1. The van der Waals surface area contributed by atoms with Crippen LogP contribution in [-0.4, -0.2) is 30.0 Å². The summed E-state index contributed by atoms with van der Waals surface area (Å²) >= 11 is 0. The molecule has 0 spiro atoms. The van der Waals surface area contributed by atoms with E-state index in [2.05, 4.69) is 0 Å². The summed E-state index contributed by atoms with van der Waals surface area (Å²) in [5.74, 6) is -0.464. The van der Waals surface area contributed by atoms with Crippen molar-refractivity contribution in [2.45, 2.75) is 25.8 Å². The molecule has 5 heteroatoms. The summed E-state index contributed by atoms with van der Waals surface area (Å²) < 4.78 is 18.6. The first kappa shape index (κ1) is 13.3. The van der Waals surface area contributed by atoms with Crippen molar-refractivity contribution in [3.63, 3.8) is 0 Å². The lowest BCUT2D eigenvalue weighted by molar-refractivity contribution is -0.133. The van der Waals surface area contributed by atoms with Gasteiger partial charge in [-0.2, -0.15) is 5.26 Å². The predicted molar refractivity (Wildman–Crippen MR) is 67.0 cm³/mol. The molecule has 1 aliphatic carbocycles. The first-order chi connectivity index (χ1) is 9.15. The molecule has 0 aliphatic heterocycles. The van der Waals surface area contributed by atoms with Crippen molar-refractivity contribution < 1.29 is 13.9 Å². The van der Waals surface area contributed by atoms with Gasteiger partial charge >= 0.3 is 0 Å². The molecule has 2 rings (SSSR count). The molecule has 0 heterocycles. The number of rotatable bonds is 5. The highest BCUT2D eigenvalue weighted by Crippen LogP contribution is 2.26. The maximum absolute atomic E-state index is 13.3. The van der Waals surface area contributed by atoms with E-state index in [1.807, 2.05) is 6.92 Å². The van der Waals surface area contributed by atoms with E-state index in [-0.39, 0.29) is 23.8 Å². The number of benzene rings is 1. The molecule has 0 unspecified atom stereocenters. The highest BCUT2D eigenvalue weighted by atomic mass is 19.1. The summed E-state index contributed by atoms with van der Waals surface area (Å²) in [6.07, 6.45) is 2.09. The van der Waals surface area contributed by atoms with Crippen LogP contribution in [0.5, 0.6) is 5.75 Å². The zero-order chi connectivity index (χ0) is 13.8. The van der Waals surface area contributed by atoms with E-state index < -0.39 is 5.82 Å².